The van der Waals surface area contributed by atoms with Crippen LogP contribution in [-0.4, -0.2) is 16.8 Å². The van der Waals surface area contributed by atoms with Gasteiger partial charge in [-0.1, -0.05) is 51.1 Å². The molecule has 0 fully saturated rings. The van der Waals surface area contributed by atoms with E-state index in [0.29, 0.717) is 0 Å². The summed E-state index contributed by atoms with van der Waals surface area (Å²) < 4.78 is 0. The second kappa shape index (κ2) is 3.71. The maximum absolute atomic E-state index is 10.4. The molecule has 0 saturated heterocycles. The molecule has 1 rings (SSSR count). The van der Waals surface area contributed by atoms with Crippen LogP contribution in [0, 0.1) is 5.41 Å². The van der Waals surface area contributed by atoms with Crippen LogP contribution in [0.15, 0.2) is 30.3 Å². The third kappa shape index (κ3) is 1.81. The van der Waals surface area contributed by atoms with E-state index in [1.54, 1.807) is 0 Å². The molecule has 0 heterocycles. The number of hydrogen-bond acceptors (Lipinski definition) is 2. The predicted molar refractivity (Wildman–Crippen MR) is 56.9 cm³/mol. The van der Waals surface area contributed by atoms with E-state index in [1.165, 1.54) is 0 Å². The van der Waals surface area contributed by atoms with Gasteiger partial charge in [0.1, 0.15) is 5.60 Å². The van der Waals surface area contributed by atoms with E-state index in [9.17, 15) is 10.2 Å². The summed E-state index contributed by atoms with van der Waals surface area (Å²) in [6.07, 6.45) is 0. The second-order valence-corrected chi connectivity index (χ2v) is 4.63. The van der Waals surface area contributed by atoms with Crippen molar-refractivity contribution in [1.29, 1.82) is 0 Å². The minimum Gasteiger partial charge on any atom is -0.393 e. The van der Waals surface area contributed by atoms with Crippen LogP contribution >= 0.6 is 0 Å². The highest BCUT2D eigenvalue weighted by atomic mass is 16.3. The average Bonchev–Trinajstić information content (AvgIpc) is 2.16. The molecule has 0 aromatic heterocycles. The summed E-state index contributed by atoms with van der Waals surface area (Å²) in [4.78, 5) is 0. The van der Waals surface area contributed by atoms with E-state index in [-0.39, 0.29) is 12.0 Å². The van der Waals surface area contributed by atoms with Crippen LogP contribution in [0.2, 0.25) is 0 Å². The van der Waals surface area contributed by atoms with Gasteiger partial charge in [0.25, 0.3) is 0 Å². The molecule has 14 heavy (non-hydrogen) atoms. The lowest BCUT2D eigenvalue weighted by Gasteiger charge is -2.39. The van der Waals surface area contributed by atoms with Crippen LogP contribution in [0.3, 0.4) is 0 Å². The van der Waals surface area contributed by atoms with Crippen LogP contribution in [0.5, 0.6) is 0 Å². The van der Waals surface area contributed by atoms with E-state index in [0.717, 1.165) is 5.56 Å². The van der Waals surface area contributed by atoms with Gasteiger partial charge in [0, 0.05) is 0 Å². The van der Waals surface area contributed by atoms with Crippen molar-refractivity contribution in [2.75, 3.05) is 6.61 Å². The number of rotatable bonds is 2. The first-order valence-corrected chi connectivity index (χ1v) is 4.80. The van der Waals surface area contributed by atoms with E-state index in [2.05, 4.69) is 0 Å². The molecule has 0 amide bonds. The molecule has 0 aliphatic carbocycles. The molecule has 0 aliphatic rings. The van der Waals surface area contributed by atoms with Gasteiger partial charge in [-0.2, -0.15) is 0 Å². The lowest BCUT2D eigenvalue weighted by atomic mass is 9.73. The largest absolute Gasteiger partial charge is 0.393 e. The highest BCUT2D eigenvalue weighted by molar-refractivity contribution is 5.24. The van der Waals surface area contributed by atoms with Crippen LogP contribution in [0.25, 0.3) is 0 Å². The van der Waals surface area contributed by atoms with Gasteiger partial charge in [-0.05, 0) is 11.0 Å². The predicted octanol–water partition coefficient (Wildman–Crippen LogP) is 1.91. The molecule has 1 atom stereocenters. The Balaban J connectivity index is 3.15. The molecule has 2 heteroatoms. The Hall–Kier alpha value is -0.860. The third-order valence-corrected chi connectivity index (χ3v) is 2.72. The summed E-state index contributed by atoms with van der Waals surface area (Å²) >= 11 is 0. The molecule has 0 spiro atoms. The van der Waals surface area contributed by atoms with Crippen LogP contribution < -0.4 is 0 Å². The molecular weight excluding hydrogens is 176 g/mol. The van der Waals surface area contributed by atoms with Crippen LogP contribution in [0.1, 0.15) is 26.3 Å². The summed E-state index contributed by atoms with van der Waals surface area (Å²) in [6, 6.07) is 9.29. The first-order valence-electron chi connectivity index (χ1n) is 4.80. The molecule has 0 saturated carbocycles. The molecular formula is C12H18O2. The molecule has 78 valence electrons. The summed E-state index contributed by atoms with van der Waals surface area (Å²) in [5.74, 6) is 0. The standard InChI is InChI=1S/C12H18O2/c1-11(2,3)12(14,9-13)10-7-5-4-6-8-10/h4-8,13-14H,9H2,1-3H3/t12-/m1/s1. The topological polar surface area (TPSA) is 40.5 Å². The SMILES string of the molecule is CC(C)(C)[C@@](O)(CO)c1ccccc1. The monoisotopic (exact) mass is 194 g/mol. The minimum absolute atomic E-state index is 0.263. The third-order valence-electron chi connectivity index (χ3n) is 2.72. The fourth-order valence-corrected chi connectivity index (χ4v) is 1.48. The van der Waals surface area contributed by atoms with Crippen molar-refractivity contribution in [2.45, 2.75) is 26.4 Å². The van der Waals surface area contributed by atoms with Crippen molar-refractivity contribution in [3.8, 4) is 0 Å². The zero-order valence-corrected chi connectivity index (χ0v) is 8.99. The van der Waals surface area contributed by atoms with Gasteiger partial charge >= 0.3 is 0 Å². The van der Waals surface area contributed by atoms with Gasteiger partial charge in [0.05, 0.1) is 6.61 Å². The molecule has 1 aromatic carbocycles. The smallest absolute Gasteiger partial charge is 0.117 e. The van der Waals surface area contributed by atoms with Gasteiger partial charge in [-0.25, -0.2) is 0 Å². The molecule has 2 nitrogen and oxygen atoms in total. The zero-order valence-electron chi connectivity index (χ0n) is 8.99. The maximum atomic E-state index is 10.4. The lowest BCUT2D eigenvalue weighted by molar-refractivity contribution is -0.101. The van der Waals surface area contributed by atoms with Gasteiger partial charge in [0.2, 0.25) is 0 Å². The van der Waals surface area contributed by atoms with Crippen molar-refractivity contribution in [3.63, 3.8) is 0 Å². The Morgan fingerprint density at radius 3 is 1.93 bits per heavy atom. The lowest BCUT2D eigenvalue weighted by Crippen LogP contribution is -2.43. The van der Waals surface area contributed by atoms with Crippen LogP contribution in [-0.2, 0) is 5.60 Å². The summed E-state index contributed by atoms with van der Waals surface area (Å²) in [6.45, 7) is 5.48. The van der Waals surface area contributed by atoms with Crippen molar-refractivity contribution >= 4 is 0 Å². The van der Waals surface area contributed by atoms with Gasteiger partial charge < -0.3 is 10.2 Å². The number of hydrogen-bond donors (Lipinski definition) is 2. The Labute approximate surface area is 85.2 Å². The highest BCUT2D eigenvalue weighted by Crippen LogP contribution is 2.38. The van der Waals surface area contributed by atoms with E-state index < -0.39 is 5.60 Å². The molecule has 0 aliphatic heterocycles. The zero-order chi connectivity index (χ0) is 10.8. The Morgan fingerprint density at radius 2 is 1.57 bits per heavy atom. The number of aliphatic hydroxyl groups is 2. The van der Waals surface area contributed by atoms with Crippen molar-refractivity contribution < 1.29 is 10.2 Å². The molecule has 0 bridgehead atoms. The summed E-state index contributed by atoms with van der Waals surface area (Å²) in [5, 5.41) is 19.7. The van der Waals surface area contributed by atoms with Gasteiger partial charge in [-0.3, -0.25) is 0 Å². The Kier molecular flexibility index (Phi) is 2.98. The number of aliphatic hydroxyl groups excluding tert-OH is 1. The molecule has 1 aromatic rings. The van der Waals surface area contributed by atoms with E-state index in [4.69, 9.17) is 0 Å². The van der Waals surface area contributed by atoms with Crippen molar-refractivity contribution in [2.24, 2.45) is 5.41 Å². The van der Waals surface area contributed by atoms with E-state index >= 15 is 0 Å². The van der Waals surface area contributed by atoms with Crippen molar-refractivity contribution in [1.82, 2.24) is 0 Å². The highest BCUT2D eigenvalue weighted by Gasteiger charge is 2.40. The van der Waals surface area contributed by atoms with Crippen LogP contribution in [0.4, 0.5) is 0 Å². The van der Waals surface area contributed by atoms with E-state index in [1.807, 2.05) is 51.1 Å². The summed E-state index contributed by atoms with van der Waals surface area (Å²) in [7, 11) is 0. The molecule has 0 radical (unpaired) electrons. The normalized spacial score (nSPS) is 16.4. The first-order chi connectivity index (χ1) is 6.42. The Morgan fingerprint density at radius 1 is 1.07 bits per heavy atom. The minimum atomic E-state index is -1.17. The maximum Gasteiger partial charge on any atom is 0.117 e. The average molecular weight is 194 g/mol. The summed E-state index contributed by atoms with van der Waals surface area (Å²) in [5.41, 5.74) is -0.799. The molecule has 2 N–H and O–H groups in total. The second-order valence-electron chi connectivity index (χ2n) is 4.63. The first kappa shape index (κ1) is 11.2. The van der Waals surface area contributed by atoms with Crippen molar-refractivity contribution in [3.05, 3.63) is 35.9 Å². The fraction of sp³-hybridized carbons (Fsp3) is 0.500. The molecule has 0 unspecified atom stereocenters. The fourth-order valence-electron chi connectivity index (χ4n) is 1.48. The Bertz CT molecular complexity index is 287. The quantitative estimate of drug-likeness (QED) is 0.755. The number of benzene rings is 1. The van der Waals surface area contributed by atoms with Gasteiger partial charge in [0.15, 0.2) is 0 Å². The van der Waals surface area contributed by atoms with Gasteiger partial charge in [-0.15, -0.1) is 0 Å².